The van der Waals surface area contributed by atoms with Crippen molar-refractivity contribution in [3.63, 3.8) is 0 Å². The summed E-state index contributed by atoms with van der Waals surface area (Å²) < 4.78 is 10.4. The molecule has 3 nitrogen and oxygen atoms in total. The Labute approximate surface area is 108 Å². The first-order chi connectivity index (χ1) is 8.25. The Bertz CT molecular complexity index is 440. The number of carbonyl (C=O) groups is 1. The van der Waals surface area contributed by atoms with Gasteiger partial charge in [-0.25, -0.2) is 4.79 Å². The van der Waals surface area contributed by atoms with Crippen LogP contribution < -0.4 is 0 Å². The normalized spacial score (nSPS) is 11.4. The van der Waals surface area contributed by atoms with Crippen LogP contribution in [-0.4, -0.2) is 20.2 Å². The number of ether oxygens (including phenoxy) is 2. The van der Waals surface area contributed by atoms with Gasteiger partial charge in [-0.15, -0.1) is 22.7 Å². The highest BCUT2D eigenvalue weighted by atomic mass is 32.1. The second-order valence-electron chi connectivity index (χ2n) is 3.33. The van der Waals surface area contributed by atoms with E-state index in [4.69, 9.17) is 9.47 Å². The van der Waals surface area contributed by atoms with Crippen LogP contribution in [0.5, 0.6) is 0 Å². The van der Waals surface area contributed by atoms with Crippen LogP contribution in [0.25, 0.3) is 0 Å². The van der Waals surface area contributed by atoms with Crippen molar-refractivity contribution >= 4 is 28.6 Å². The summed E-state index contributed by atoms with van der Waals surface area (Å²) in [5.74, 6) is -0.398. The van der Waals surface area contributed by atoms with Crippen LogP contribution in [0.2, 0.25) is 0 Å². The third-order valence-electron chi connectivity index (χ3n) is 2.52. The maximum Gasteiger partial charge on any atom is 0.349 e. The molecule has 0 amide bonds. The zero-order chi connectivity index (χ0) is 12.3. The van der Waals surface area contributed by atoms with E-state index in [2.05, 4.69) is 0 Å². The van der Waals surface area contributed by atoms with E-state index < -0.39 is 11.6 Å². The Morgan fingerprint density at radius 3 is 1.94 bits per heavy atom. The van der Waals surface area contributed by atoms with Crippen molar-refractivity contribution in [1.29, 1.82) is 0 Å². The van der Waals surface area contributed by atoms with Crippen LogP contribution >= 0.6 is 22.7 Å². The Morgan fingerprint density at radius 2 is 1.65 bits per heavy atom. The van der Waals surface area contributed by atoms with Gasteiger partial charge in [0, 0.05) is 7.11 Å². The second-order valence-corrected chi connectivity index (χ2v) is 5.23. The number of hydrogen-bond acceptors (Lipinski definition) is 5. The average molecular weight is 268 g/mol. The summed E-state index contributed by atoms with van der Waals surface area (Å²) in [4.78, 5) is 13.8. The standard InChI is InChI=1S/C12H12O3S2/c1-14-11(13)12(15-2,9-5-3-7-16-9)10-6-4-8-17-10/h3-8H,1-2H3. The minimum absolute atomic E-state index is 0.398. The van der Waals surface area contributed by atoms with E-state index in [1.807, 2.05) is 35.0 Å². The summed E-state index contributed by atoms with van der Waals surface area (Å²) in [7, 11) is 2.90. The quantitative estimate of drug-likeness (QED) is 0.800. The SMILES string of the molecule is COC(=O)C(OC)(c1cccs1)c1cccs1. The number of rotatable bonds is 4. The van der Waals surface area contributed by atoms with Gasteiger partial charge in [-0.3, -0.25) is 0 Å². The van der Waals surface area contributed by atoms with E-state index in [0.29, 0.717) is 0 Å². The number of esters is 1. The highest BCUT2D eigenvalue weighted by molar-refractivity contribution is 7.12. The van der Waals surface area contributed by atoms with Gasteiger partial charge in [0.25, 0.3) is 0 Å². The molecule has 2 rings (SSSR count). The first-order valence-corrected chi connectivity index (χ1v) is 6.73. The molecule has 0 saturated heterocycles. The minimum atomic E-state index is -1.13. The van der Waals surface area contributed by atoms with Gasteiger partial charge in [-0.2, -0.15) is 0 Å². The van der Waals surface area contributed by atoms with Gasteiger partial charge >= 0.3 is 5.97 Å². The molecule has 0 bridgehead atoms. The lowest BCUT2D eigenvalue weighted by Gasteiger charge is -2.27. The van der Waals surface area contributed by atoms with E-state index in [-0.39, 0.29) is 0 Å². The highest BCUT2D eigenvalue weighted by Crippen LogP contribution is 2.39. The minimum Gasteiger partial charge on any atom is -0.466 e. The predicted octanol–water partition coefficient (Wildman–Crippen LogP) is 2.87. The van der Waals surface area contributed by atoms with Crippen molar-refractivity contribution in [2.45, 2.75) is 5.60 Å². The molecule has 0 N–H and O–H groups in total. The monoisotopic (exact) mass is 268 g/mol. The molecular formula is C12H12O3S2. The van der Waals surface area contributed by atoms with Crippen LogP contribution in [-0.2, 0) is 19.9 Å². The van der Waals surface area contributed by atoms with Gasteiger partial charge < -0.3 is 9.47 Å². The zero-order valence-corrected chi connectivity index (χ0v) is 11.1. The smallest absolute Gasteiger partial charge is 0.349 e. The largest absolute Gasteiger partial charge is 0.466 e. The molecule has 0 saturated carbocycles. The van der Waals surface area contributed by atoms with Crippen LogP contribution in [0, 0.1) is 0 Å². The van der Waals surface area contributed by atoms with Gasteiger partial charge in [0.05, 0.1) is 16.9 Å². The van der Waals surface area contributed by atoms with E-state index in [0.717, 1.165) is 9.75 Å². The fourth-order valence-electron chi connectivity index (χ4n) is 1.71. The molecule has 2 aromatic heterocycles. The topological polar surface area (TPSA) is 35.5 Å². The highest BCUT2D eigenvalue weighted by Gasteiger charge is 2.45. The van der Waals surface area contributed by atoms with Gasteiger partial charge in [0.2, 0.25) is 5.60 Å². The lowest BCUT2D eigenvalue weighted by atomic mass is 10.00. The van der Waals surface area contributed by atoms with Crippen molar-refractivity contribution < 1.29 is 14.3 Å². The number of thiophene rings is 2. The Morgan fingerprint density at radius 1 is 1.12 bits per heavy atom. The molecule has 5 heteroatoms. The second kappa shape index (κ2) is 5.00. The summed E-state index contributed by atoms with van der Waals surface area (Å²) in [6.07, 6.45) is 0. The number of carbonyl (C=O) groups excluding carboxylic acids is 1. The van der Waals surface area contributed by atoms with Crippen molar-refractivity contribution in [3.05, 3.63) is 44.8 Å². The van der Waals surface area contributed by atoms with Crippen LogP contribution in [0.15, 0.2) is 35.0 Å². The van der Waals surface area contributed by atoms with Crippen molar-refractivity contribution in [2.24, 2.45) is 0 Å². The van der Waals surface area contributed by atoms with E-state index in [9.17, 15) is 4.79 Å². The molecule has 0 radical (unpaired) electrons. The molecule has 0 aliphatic heterocycles. The van der Waals surface area contributed by atoms with Crippen LogP contribution in [0.3, 0.4) is 0 Å². The first kappa shape index (κ1) is 12.3. The molecule has 0 aliphatic rings. The average Bonchev–Trinajstić information content (AvgIpc) is 3.03. The van der Waals surface area contributed by atoms with Gasteiger partial charge in [0.15, 0.2) is 0 Å². The zero-order valence-electron chi connectivity index (χ0n) is 9.51. The van der Waals surface area contributed by atoms with Crippen molar-refractivity contribution in [3.8, 4) is 0 Å². The Balaban J connectivity index is 2.60. The van der Waals surface area contributed by atoms with E-state index in [1.54, 1.807) is 0 Å². The predicted molar refractivity (Wildman–Crippen MR) is 68.4 cm³/mol. The third-order valence-corrected chi connectivity index (χ3v) is 4.46. The first-order valence-electron chi connectivity index (χ1n) is 4.97. The van der Waals surface area contributed by atoms with Gasteiger partial charge in [-0.05, 0) is 22.9 Å². The summed E-state index contributed by atoms with van der Waals surface area (Å²) in [5, 5.41) is 3.83. The lowest BCUT2D eigenvalue weighted by molar-refractivity contribution is -0.161. The third kappa shape index (κ3) is 1.90. The molecular weight excluding hydrogens is 256 g/mol. The molecule has 2 heterocycles. The summed E-state index contributed by atoms with van der Waals surface area (Å²) in [5.41, 5.74) is -1.13. The molecule has 0 atom stereocenters. The van der Waals surface area contributed by atoms with Gasteiger partial charge in [-0.1, -0.05) is 12.1 Å². The molecule has 0 aromatic carbocycles. The summed E-state index contributed by atoms with van der Waals surface area (Å²) in [6.45, 7) is 0. The maximum atomic E-state index is 12.1. The van der Waals surface area contributed by atoms with Gasteiger partial charge in [0.1, 0.15) is 0 Å². The van der Waals surface area contributed by atoms with E-state index >= 15 is 0 Å². The molecule has 90 valence electrons. The Hall–Kier alpha value is -1.17. The van der Waals surface area contributed by atoms with Crippen LogP contribution in [0.4, 0.5) is 0 Å². The molecule has 0 unspecified atom stereocenters. The molecule has 0 aliphatic carbocycles. The number of methoxy groups -OCH3 is 2. The Kier molecular flexibility index (Phi) is 3.61. The molecule has 2 aromatic rings. The maximum absolute atomic E-state index is 12.1. The fourth-order valence-corrected chi connectivity index (χ4v) is 3.58. The molecule has 0 spiro atoms. The fraction of sp³-hybridized carbons (Fsp3) is 0.250. The number of hydrogen-bond donors (Lipinski definition) is 0. The molecule has 17 heavy (non-hydrogen) atoms. The summed E-state index contributed by atoms with van der Waals surface area (Å²) >= 11 is 2.95. The van der Waals surface area contributed by atoms with Crippen molar-refractivity contribution in [2.75, 3.05) is 14.2 Å². The van der Waals surface area contributed by atoms with E-state index in [1.165, 1.54) is 36.9 Å². The lowest BCUT2D eigenvalue weighted by Crippen LogP contribution is -2.38. The molecule has 0 fully saturated rings. The van der Waals surface area contributed by atoms with Crippen molar-refractivity contribution in [1.82, 2.24) is 0 Å². The van der Waals surface area contributed by atoms with Crippen LogP contribution in [0.1, 0.15) is 9.75 Å². The summed E-state index contributed by atoms with van der Waals surface area (Å²) in [6, 6.07) is 7.55.